The van der Waals surface area contributed by atoms with Gasteiger partial charge in [-0.2, -0.15) is 10.2 Å². The van der Waals surface area contributed by atoms with Gasteiger partial charge in [0, 0.05) is 39.9 Å². The summed E-state index contributed by atoms with van der Waals surface area (Å²) in [5.41, 5.74) is 6.40. The summed E-state index contributed by atoms with van der Waals surface area (Å²) in [4.78, 5) is 26.0. The van der Waals surface area contributed by atoms with Crippen LogP contribution in [0.4, 0.5) is 5.69 Å². The van der Waals surface area contributed by atoms with Crippen LogP contribution in [0.1, 0.15) is 21.7 Å². The van der Waals surface area contributed by atoms with Crippen LogP contribution in [0.15, 0.2) is 59.7 Å². The Morgan fingerprint density at radius 1 is 1.21 bits per heavy atom. The number of aromatic amines is 2. The third-order valence-corrected chi connectivity index (χ3v) is 4.48. The van der Waals surface area contributed by atoms with Gasteiger partial charge >= 0.3 is 0 Å². The Bertz CT molecular complexity index is 1250. The molecule has 29 heavy (non-hydrogen) atoms. The molecule has 0 saturated carbocycles. The summed E-state index contributed by atoms with van der Waals surface area (Å²) in [6, 6.07) is 15.4. The molecule has 2 heterocycles. The number of non-ortho nitro benzene ring substituents is 1. The lowest BCUT2D eigenvalue weighted by Gasteiger charge is -1.97. The summed E-state index contributed by atoms with van der Waals surface area (Å²) in [7, 11) is 0. The number of hydrogen-bond donors (Lipinski definition) is 3. The first-order valence-corrected chi connectivity index (χ1v) is 8.74. The zero-order valence-corrected chi connectivity index (χ0v) is 15.3. The number of para-hydroxylation sites is 1. The van der Waals surface area contributed by atoms with E-state index in [-0.39, 0.29) is 11.4 Å². The van der Waals surface area contributed by atoms with Gasteiger partial charge in [0.15, 0.2) is 0 Å². The highest BCUT2D eigenvalue weighted by Crippen LogP contribution is 2.23. The second-order valence-electron chi connectivity index (χ2n) is 6.38. The van der Waals surface area contributed by atoms with Crippen molar-refractivity contribution in [1.82, 2.24) is 20.6 Å². The molecular formula is C20H16N6O3. The quantitative estimate of drug-likeness (QED) is 0.274. The number of amides is 1. The number of nitro benzene ring substituents is 1. The van der Waals surface area contributed by atoms with Crippen LogP contribution in [0, 0.1) is 17.0 Å². The summed E-state index contributed by atoms with van der Waals surface area (Å²) in [5.74, 6) is -0.470. The van der Waals surface area contributed by atoms with E-state index in [1.54, 1.807) is 18.3 Å². The van der Waals surface area contributed by atoms with Gasteiger partial charge < -0.3 is 4.98 Å². The predicted molar refractivity (Wildman–Crippen MR) is 109 cm³/mol. The molecule has 0 fully saturated rings. The average molecular weight is 388 g/mol. The molecule has 2 aromatic heterocycles. The van der Waals surface area contributed by atoms with Crippen molar-refractivity contribution in [2.24, 2.45) is 5.10 Å². The molecule has 4 aromatic rings. The summed E-state index contributed by atoms with van der Waals surface area (Å²) >= 11 is 0. The lowest BCUT2D eigenvalue weighted by Crippen LogP contribution is -2.18. The molecule has 0 radical (unpaired) electrons. The first-order valence-electron chi connectivity index (χ1n) is 8.74. The third kappa shape index (κ3) is 3.61. The fourth-order valence-electron chi connectivity index (χ4n) is 3.05. The molecule has 4 rings (SSSR count). The lowest BCUT2D eigenvalue weighted by atomic mass is 10.1. The number of hydrogen-bond acceptors (Lipinski definition) is 5. The monoisotopic (exact) mass is 388 g/mol. The van der Waals surface area contributed by atoms with Crippen molar-refractivity contribution in [3.8, 4) is 11.3 Å². The number of nitrogens with zero attached hydrogens (tertiary/aromatic N) is 3. The number of rotatable bonds is 5. The SMILES string of the molecule is Cc1[nH]c2ccccc2c1/C=N\NC(=O)c1cc(-c2cccc([N+](=O)[O-])c2)n[nH]1. The lowest BCUT2D eigenvalue weighted by molar-refractivity contribution is -0.384. The van der Waals surface area contributed by atoms with E-state index in [0.717, 1.165) is 22.2 Å². The van der Waals surface area contributed by atoms with Gasteiger partial charge in [0.25, 0.3) is 11.6 Å². The number of H-pyrrole nitrogens is 2. The topological polar surface area (TPSA) is 129 Å². The minimum Gasteiger partial charge on any atom is -0.358 e. The molecule has 0 saturated heterocycles. The highest BCUT2D eigenvalue weighted by atomic mass is 16.6. The van der Waals surface area contributed by atoms with Gasteiger partial charge in [-0.15, -0.1) is 0 Å². The van der Waals surface area contributed by atoms with Crippen LogP contribution in [-0.4, -0.2) is 32.2 Å². The first-order chi connectivity index (χ1) is 14.0. The second kappa shape index (κ2) is 7.39. The molecule has 3 N–H and O–H groups in total. The zero-order chi connectivity index (χ0) is 20.4. The number of fused-ring (bicyclic) bond motifs is 1. The van der Waals surface area contributed by atoms with Crippen molar-refractivity contribution in [2.75, 3.05) is 0 Å². The van der Waals surface area contributed by atoms with Crippen molar-refractivity contribution >= 4 is 28.7 Å². The van der Waals surface area contributed by atoms with Crippen LogP contribution in [0.3, 0.4) is 0 Å². The van der Waals surface area contributed by atoms with Crippen LogP contribution in [0.2, 0.25) is 0 Å². The molecule has 0 aliphatic carbocycles. The minimum atomic E-state index is -0.481. The van der Waals surface area contributed by atoms with E-state index in [1.165, 1.54) is 18.2 Å². The van der Waals surface area contributed by atoms with Gasteiger partial charge in [-0.05, 0) is 19.1 Å². The van der Waals surface area contributed by atoms with Crippen LogP contribution in [0.25, 0.3) is 22.2 Å². The maximum atomic E-state index is 12.3. The number of carbonyl (C=O) groups is 1. The summed E-state index contributed by atoms with van der Waals surface area (Å²) in [6.45, 7) is 1.93. The predicted octanol–water partition coefficient (Wildman–Crippen LogP) is 3.54. The fraction of sp³-hybridized carbons (Fsp3) is 0.0500. The molecule has 0 aliphatic rings. The normalized spacial score (nSPS) is 11.2. The largest absolute Gasteiger partial charge is 0.358 e. The smallest absolute Gasteiger partial charge is 0.289 e. The molecule has 1 amide bonds. The van der Waals surface area contributed by atoms with E-state index >= 15 is 0 Å². The molecular weight excluding hydrogens is 372 g/mol. The fourth-order valence-corrected chi connectivity index (χ4v) is 3.05. The molecule has 0 atom stereocenters. The number of aromatic nitrogens is 3. The van der Waals surface area contributed by atoms with E-state index in [4.69, 9.17) is 0 Å². The maximum Gasteiger partial charge on any atom is 0.289 e. The van der Waals surface area contributed by atoms with Crippen molar-refractivity contribution in [3.05, 3.63) is 81.7 Å². The Kier molecular flexibility index (Phi) is 4.62. The van der Waals surface area contributed by atoms with E-state index in [1.807, 2.05) is 31.2 Å². The Hall–Kier alpha value is -4.27. The molecule has 144 valence electrons. The maximum absolute atomic E-state index is 12.3. The Morgan fingerprint density at radius 3 is 2.86 bits per heavy atom. The van der Waals surface area contributed by atoms with Gasteiger partial charge in [0.05, 0.1) is 16.8 Å². The average Bonchev–Trinajstić information content (AvgIpc) is 3.33. The standard InChI is InChI=1S/C20H16N6O3/c1-12-16(15-7-2-3-8-17(15)22-12)11-21-25-20(27)19-10-18(23-24-19)13-5-4-6-14(9-13)26(28)29/h2-11,22H,1H3,(H,23,24)(H,25,27)/b21-11-. The number of benzene rings is 2. The molecule has 0 bridgehead atoms. The zero-order valence-electron chi connectivity index (χ0n) is 15.3. The van der Waals surface area contributed by atoms with Crippen molar-refractivity contribution < 1.29 is 9.72 Å². The Labute approximate surface area is 164 Å². The van der Waals surface area contributed by atoms with Crippen LogP contribution < -0.4 is 5.43 Å². The molecule has 0 aliphatic heterocycles. The molecule has 0 spiro atoms. The highest BCUT2D eigenvalue weighted by molar-refractivity contribution is 6.01. The van der Waals surface area contributed by atoms with E-state index < -0.39 is 10.8 Å². The third-order valence-electron chi connectivity index (χ3n) is 4.48. The highest BCUT2D eigenvalue weighted by Gasteiger charge is 2.13. The van der Waals surface area contributed by atoms with Crippen LogP contribution >= 0.6 is 0 Å². The van der Waals surface area contributed by atoms with Crippen LogP contribution in [0.5, 0.6) is 0 Å². The number of carbonyl (C=O) groups excluding carboxylic acids is 1. The molecule has 2 aromatic carbocycles. The van der Waals surface area contributed by atoms with Gasteiger partial charge in [0.1, 0.15) is 5.69 Å². The molecule has 0 unspecified atom stereocenters. The van der Waals surface area contributed by atoms with Crippen molar-refractivity contribution in [1.29, 1.82) is 0 Å². The van der Waals surface area contributed by atoms with Gasteiger partial charge in [-0.25, -0.2) is 5.43 Å². The van der Waals surface area contributed by atoms with Crippen molar-refractivity contribution in [2.45, 2.75) is 6.92 Å². The molecule has 9 nitrogen and oxygen atoms in total. The summed E-state index contributed by atoms with van der Waals surface area (Å²) in [6.07, 6.45) is 1.59. The Balaban J connectivity index is 1.50. The number of hydrazone groups is 1. The second-order valence-corrected chi connectivity index (χ2v) is 6.38. The Morgan fingerprint density at radius 2 is 2.03 bits per heavy atom. The van der Waals surface area contributed by atoms with Gasteiger partial charge in [0.2, 0.25) is 0 Å². The summed E-state index contributed by atoms with van der Waals surface area (Å²) in [5, 5.41) is 22.6. The van der Waals surface area contributed by atoms with E-state index in [0.29, 0.717) is 11.3 Å². The van der Waals surface area contributed by atoms with E-state index in [2.05, 4.69) is 25.7 Å². The van der Waals surface area contributed by atoms with Crippen molar-refractivity contribution in [3.63, 3.8) is 0 Å². The minimum absolute atomic E-state index is 0.0461. The van der Waals surface area contributed by atoms with Gasteiger partial charge in [-0.1, -0.05) is 30.3 Å². The van der Waals surface area contributed by atoms with Gasteiger partial charge in [-0.3, -0.25) is 20.0 Å². The number of nitrogens with one attached hydrogen (secondary N) is 3. The first kappa shape index (κ1) is 18.1. The van der Waals surface area contributed by atoms with Crippen LogP contribution in [-0.2, 0) is 0 Å². The number of nitro groups is 1. The van der Waals surface area contributed by atoms with E-state index in [9.17, 15) is 14.9 Å². The number of aryl methyl sites for hydroxylation is 1. The summed E-state index contributed by atoms with van der Waals surface area (Å²) < 4.78 is 0. The molecule has 9 heteroatoms.